The van der Waals surface area contributed by atoms with Gasteiger partial charge < -0.3 is 5.11 Å². The Hall–Kier alpha value is -2.43. The first-order valence-electron chi connectivity index (χ1n) is 7.60. The molecule has 1 aromatic carbocycles. The highest BCUT2D eigenvalue weighted by atomic mass is 16.6. The summed E-state index contributed by atoms with van der Waals surface area (Å²) >= 11 is 0. The van der Waals surface area contributed by atoms with E-state index in [2.05, 4.69) is 19.1 Å². The van der Waals surface area contributed by atoms with Crippen LogP contribution in [0.15, 0.2) is 47.6 Å². The summed E-state index contributed by atoms with van der Waals surface area (Å²) in [5, 5.41) is 20.5. The average molecular weight is 313 g/mol. The lowest BCUT2D eigenvalue weighted by atomic mass is 9.43. The fourth-order valence-electron chi connectivity index (χ4n) is 4.63. The molecule has 0 aliphatic heterocycles. The molecule has 0 radical (unpaired) electrons. The fraction of sp³-hybridized carbons (Fsp3) is 0.389. The molecule has 5 heteroatoms. The number of rotatable bonds is 3. The monoisotopic (exact) mass is 313 g/mol. The van der Waals surface area contributed by atoms with Crippen LogP contribution < -0.4 is 0 Å². The van der Waals surface area contributed by atoms with Crippen molar-refractivity contribution < 1.29 is 14.8 Å². The van der Waals surface area contributed by atoms with Crippen molar-refractivity contribution in [2.24, 2.45) is 17.3 Å². The van der Waals surface area contributed by atoms with Crippen LogP contribution in [0.5, 0.6) is 0 Å². The van der Waals surface area contributed by atoms with E-state index in [1.165, 1.54) is 12.1 Å². The molecule has 1 N–H and O–H groups in total. The Bertz CT molecular complexity index is 747. The Morgan fingerprint density at radius 2 is 1.83 bits per heavy atom. The molecule has 120 valence electrons. The van der Waals surface area contributed by atoms with Gasteiger partial charge in [-0.25, -0.2) is 0 Å². The van der Waals surface area contributed by atoms with Gasteiger partial charge in [0.15, 0.2) is 0 Å². The highest BCUT2D eigenvalue weighted by Crippen LogP contribution is 2.66. The lowest BCUT2D eigenvalue weighted by molar-refractivity contribution is -0.384. The van der Waals surface area contributed by atoms with Crippen LogP contribution >= 0.6 is 0 Å². The minimum atomic E-state index is -0.809. The summed E-state index contributed by atoms with van der Waals surface area (Å²) in [4.78, 5) is 22.2. The number of nitro benzene ring substituents is 1. The summed E-state index contributed by atoms with van der Waals surface area (Å²) < 4.78 is 0. The van der Waals surface area contributed by atoms with Crippen molar-refractivity contribution in [1.29, 1.82) is 0 Å². The van der Waals surface area contributed by atoms with E-state index >= 15 is 0 Å². The maximum atomic E-state index is 11.8. The summed E-state index contributed by atoms with van der Waals surface area (Å²) in [5.41, 5.74) is 2.84. The Labute approximate surface area is 134 Å². The zero-order valence-electron chi connectivity index (χ0n) is 13.3. The third kappa shape index (κ3) is 2.19. The van der Waals surface area contributed by atoms with Gasteiger partial charge in [-0.05, 0) is 19.4 Å². The van der Waals surface area contributed by atoms with Gasteiger partial charge in [0, 0.05) is 29.4 Å². The first-order valence-corrected chi connectivity index (χ1v) is 7.60. The molecule has 3 rings (SSSR count). The van der Waals surface area contributed by atoms with Gasteiger partial charge >= 0.3 is 5.97 Å². The molecular formula is C18H19NO4. The van der Waals surface area contributed by atoms with E-state index in [1.54, 1.807) is 12.1 Å². The molecule has 1 aromatic rings. The van der Waals surface area contributed by atoms with Crippen LogP contribution in [0.25, 0.3) is 0 Å². The normalized spacial score (nSPS) is 32.2. The molecule has 0 unspecified atom stereocenters. The molecule has 2 aliphatic carbocycles. The summed E-state index contributed by atoms with van der Waals surface area (Å²) in [6, 6.07) is 6.29. The van der Waals surface area contributed by atoms with E-state index in [4.69, 9.17) is 0 Å². The van der Waals surface area contributed by atoms with Crippen LogP contribution in [-0.2, 0) is 4.79 Å². The van der Waals surface area contributed by atoms with Crippen molar-refractivity contribution >= 4 is 11.7 Å². The third-order valence-electron chi connectivity index (χ3n) is 5.29. The quantitative estimate of drug-likeness (QED) is 0.677. The van der Waals surface area contributed by atoms with E-state index in [-0.39, 0.29) is 22.9 Å². The van der Waals surface area contributed by atoms with Gasteiger partial charge in [-0.1, -0.05) is 42.4 Å². The molecule has 2 aliphatic rings. The Balaban J connectivity index is 2.05. The standard InChI is InChI=1S/C18H19NO4/c1-10-8-11(2)15-14(17(20)21)16(18(15,3)9-10)12-4-6-13(7-5-12)19(22)23/h4-9,14-16H,1-3H3,(H,20,21)/t14-,15-,16+,18-/m0/s1. The highest BCUT2D eigenvalue weighted by Gasteiger charge is 2.62. The number of hydrogen-bond acceptors (Lipinski definition) is 3. The third-order valence-corrected chi connectivity index (χ3v) is 5.29. The van der Waals surface area contributed by atoms with E-state index < -0.39 is 16.8 Å². The SMILES string of the molecule is CC1=C[C@]2(C)[C@H](c3ccc([N+](=O)[O-])cc3)[C@@H](C(=O)O)[C@@H]2C(C)=C1. The summed E-state index contributed by atoms with van der Waals surface area (Å²) in [7, 11) is 0. The van der Waals surface area contributed by atoms with Crippen LogP contribution in [0.2, 0.25) is 0 Å². The molecule has 0 spiro atoms. The van der Waals surface area contributed by atoms with Gasteiger partial charge in [0.1, 0.15) is 0 Å². The topological polar surface area (TPSA) is 80.4 Å². The molecule has 1 fully saturated rings. The van der Waals surface area contributed by atoms with Crippen molar-refractivity contribution in [3.05, 3.63) is 63.2 Å². The molecule has 4 atom stereocenters. The largest absolute Gasteiger partial charge is 0.481 e. The van der Waals surface area contributed by atoms with Crippen LogP contribution in [0.3, 0.4) is 0 Å². The van der Waals surface area contributed by atoms with Crippen molar-refractivity contribution in [2.75, 3.05) is 0 Å². The van der Waals surface area contributed by atoms with Gasteiger partial charge in [0.2, 0.25) is 0 Å². The van der Waals surface area contributed by atoms with E-state index in [0.717, 1.165) is 16.7 Å². The number of carboxylic acid groups (broad SMARTS) is 1. The summed E-state index contributed by atoms with van der Waals surface area (Å²) in [6.07, 6.45) is 4.20. The number of benzene rings is 1. The van der Waals surface area contributed by atoms with E-state index in [0.29, 0.717) is 0 Å². The number of nitrogens with zero attached hydrogens (tertiary/aromatic N) is 1. The number of fused-ring (bicyclic) bond motifs is 1. The highest BCUT2D eigenvalue weighted by molar-refractivity contribution is 5.76. The van der Waals surface area contributed by atoms with Crippen molar-refractivity contribution in [3.8, 4) is 0 Å². The second-order valence-corrected chi connectivity index (χ2v) is 6.81. The molecule has 5 nitrogen and oxygen atoms in total. The van der Waals surface area contributed by atoms with Gasteiger partial charge in [0.25, 0.3) is 5.69 Å². The number of aliphatic carboxylic acids is 1. The summed E-state index contributed by atoms with van der Waals surface area (Å²) in [6.45, 7) is 6.09. The lowest BCUT2D eigenvalue weighted by Gasteiger charge is -2.59. The van der Waals surface area contributed by atoms with Crippen LogP contribution in [0.1, 0.15) is 32.3 Å². The molecule has 1 saturated carbocycles. The number of non-ortho nitro benzene ring substituents is 1. The number of carbonyl (C=O) groups is 1. The average Bonchev–Trinajstić information content (AvgIpc) is 2.43. The van der Waals surface area contributed by atoms with Gasteiger partial charge in [0.05, 0.1) is 10.8 Å². The van der Waals surface area contributed by atoms with Crippen LogP contribution in [0, 0.1) is 27.4 Å². The maximum Gasteiger partial charge on any atom is 0.307 e. The van der Waals surface area contributed by atoms with Crippen LogP contribution in [0.4, 0.5) is 5.69 Å². The number of carboxylic acids is 1. The van der Waals surface area contributed by atoms with Gasteiger partial charge in [-0.3, -0.25) is 14.9 Å². The predicted molar refractivity (Wildman–Crippen MR) is 86.1 cm³/mol. The molecule has 0 heterocycles. The van der Waals surface area contributed by atoms with E-state index in [9.17, 15) is 20.0 Å². The molecule has 23 heavy (non-hydrogen) atoms. The fourth-order valence-corrected chi connectivity index (χ4v) is 4.63. The Kier molecular flexibility index (Phi) is 3.39. The van der Waals surface area contributed by atoms with E-state index in [1.807, 2.05) is 13.8 Å². The Morgan fingerprint density at radius 1 is 1.22 bits per heavy atom. The van der Waals surface area contributed by atoms with Gasteiger partial charge in [-0.15, -0.1) is 0 Å². The molecule has 0 saturated heterocycles. The van der Waals surface area contributed by atoms with Crippen molar-refractivity contribution in [3.63, 3.8) is 0 Å². The second-order valence-electron chi connectivity index (χ2n) is 6.81. The first-order chi connectivity index (χ1) is 10.8. The molecule has 0 amide bonds. The van der Waals surface area contributed by atoms with Crippen molar-refractivity contribution in [2.45, 2.75) is 26.7 Å². The first kappa shape index (κ1) is 15.5. The van der Waals surface area contributed by atoms with Gasteiger partial charge in [-0.2, -0.15) is 0 Å². The molecular weight excluding hydrogens is 294 g/mol. The smallest absolute Gasteiger partial charge is 0.307 e. The Morgan fingerprint density at radius 3 is 2.35 bits per heavy atom. The zero-order chi connectivity index (χ0) is 16.9. The number of hydrogen-bond donors (Lipinski definition) is 1. The molecule has 0 bridgehead atoms. The minimum Gasteiger partial charge on any atom is -0.481 e. The minimum absolute atomic E-state index is 0.0214. The second kappa shape index (κ2) is 5.05. The number of nitro groups is 1. The summed E-state index contributed by atoms with van der Waals surface area (Å²) in [5.74, 6) is -1.51. The zero-order valence-corrected chi connectivity index (χ0v) is 13.3. The van der Waals surface area contributed by atoms with Crippen LogP contribution in [-0.4, -0.2) is 16.0 Å². The maximum absolute atomic E-state index is 11.8. The predicted octanol–water partition coefficient (Wildman–Crippen LogP) is 3.92. The van der Waals surface area contributed by atoms with Crippen molar-refractivity contribution in [1.82, 2.24) is 0 Å². The lowest BCUT2D eigenvalue weighted by Crippen LogP contribution is -2.57. The molecule has 0 aromatic heterocycles. The number of allylic oxidation sites excluding steroid dienone is 4.